The molecule has 5 heteroatoms. The number of aryl methyl sites for hydroxylation is 1. The predicted octanol–water partition coefficient (Wildman–Crippen LogP) is 4.45. The first-order valence-corrected chi connectivity index (χ1v) is 10.9. The fourth-order valence-electron chi connectivity index (χ4n) is 3.72. The summed E-state index contributed by atoms with van der Waals surface area (Å²) in [5, 5.41) is 2.87. The van der Waals surface area contributed by atoms with Crippen molar-refractivity contribution in [3.05, 3.63) is 107 Å². The van der Waals surface area contributed by atoms with Crippen molar-refractivity contribution in [3.8, 4) is 0 Å². The van der Waals surface area contributed by atoms with Gasteiger partial charge in [-0.15, -0.1) is 0 Å². The molecule has 4 nitrogen and oxygen atoms in total. The van der Waals surface area contributed by atoms with E-state index in [1.165, 1.54) is 6.07 Å². The molecule has 2 amide bonds. The molecule has 3 rings (SSSR count). The van der Waals surface area contributed by atoms with Gasteiger partial charge < -0.3 is 10.2 Å². The van der Waals surface area contributed by atoms with E-state index in [2.05, 4.69) is 5.32 Å². The third-order valence-electron chi connectivity index (χ3n) is 5.52. The van der Waals surface area contributed by atoms with Crippen LogP contribution < -0.4 is 5.32 Å². The van der Waals surface area contributed by atoms with Gasteiger partial charge in [0.2, 0.25) is 11.8 Å². The molecule has 0 radical (unpaired) electrons. The monoisotopic (exact) mass is 432 g/mol. The molecule has 0 saturated carbocycles. The molecule has 0 saturated heterocycles. The molecule has 1 atom stereocenters. The van der Waals surface area contributed by atoms with Crippen molar-refractivity contribution < 1.29 is 14.0 Å². The summed E-state index contributed by atoms with van der Waals surface area (Å²) in [5.74, 6) is -0.924. The van der Waals surface area contributed by atoms with Crippen LogP contribution >= 0.6 is 0 Å². The van der Waals surface area contributed by atoms with Crippen molar-refractivity contribution in [2.45, 2.75) is 39.3 Å². The molecule has 32 heavy (non-hydrogen) atoms. The smallest absolute Gasteiger partial charge is 0.243 e. The van der Waals surface area contributed by atoms with Crippen LogP contribution in [0.15, 0.2) is 78.9 Å². The standard InChI is InChI=1S/C27H29FN2O2/c1-3-29-27(32)25(17-21-12-5-4-6-13-21)30(19-23-15-8-7-11-20(23)2)26(31)18-22-14-9-10-16-24(22)28/h4-16,25H,3,17-19H2,1-2H3,(H,29,32)/t25-/m0/s1. The van der Waals surface area contributed by atoms with Crippen molar-refractivity contribution in [2.24, 2.45) is 0 Å². The van der Waals surface area contributed by atoms with Crippen LogP contribution in [-0.2, 0) is 29.0 Å². The number of benzene rings is 3. The third-order valence-corrected chi connectivity index (χ3v) is 5.52. The number of nitrogens with one attached hydrogen (secondary N) is 1. The summed E-state index contributed by atoms with van der Waals surface area (Å²) in [4.78, 5) is 28.2. The molecule has 0 bridgehead atoms. The lowest BCUT2D eigenvalue weighted by Crippen LogP contribution is -2.51. The maximum Gasteiger partial charge on any atom is 0.243 e. The van der Waals surface area contributed by atoms with E-state index in [0.29, 0.717) is 18.5 Å². The first kappa shape index (κ1) is 23.2. The van der Waals surface area contributed by atoms with Gasteiger partial charge in [-0.05, 0) is 42.2 Å². The van der Waals surface area contributed by atoms with E-state index < -0.39 is 11.9 Å². The Balaban J connectivity index is 1.98. The van der Waals surface area contributed by atoms with Crippen molar-refractivity contribution in [1.29, 1.82) is 0 Å². The maximum atomic E-state index is 14.3. The summed E-state index contributed by atoms with van der Waals surface area (Å²) < 4.78 is 14.3. The van der Waals surface area contributed by atoms with E-state index in [1.807, 2.05) is 68.4 Å². The van der Waals surface area contributed by atoms with E-state index in [0.717, 1.165) is 16.7 Å². The number of amides is 2. The second-order valence-corrected chi connectivity index (χ2v) is 7.82. The topological polar surface area (TPSA) is 49.4 Å². The average Bonchev–Trinajstić information content (AvgIpc) is 2.79. The van der Waals surface area contributed by atoms with Crippen LogP contribution in [0.25, 0.3) is 0 Å². The maximum absolute atomic E-state index is 14.3. The van der Waals surface area contributed by atoms with Gasteiger partial charge in [-0.25, -0.2) is 4.39 Å². The van der Waals surface area contributed by atoms with Crippen LogP contribution in [0.4, 0.5) is 4.39 Å². The van der Waals surface area contributed by atoms with E-state index in [1.54, 1.807) is 23.1 Å². The molecule has 0 heterocycles. The van der Waals surface area contributed by atoms with E-state index >= 15 is 0 Å². The number of carbonyl (C=O) groups excluding carboxylic acids is 2. The van der Waals surface area contributed by atoms with Crippen LogP contribution in [0.1, 0.15) is 29.2 Å². The SMILES string of the molecule is CCNC(=O)[C@H](Cc1ccccc1)N(Cc1ccccc1C)C(=O)Cc1ccccc1F. The number of hydrogen-bond acceptors (Lipinski definition) is 2. The number of hydrogen-bond donors (Lipinski definition) is 1. The summed E-state index contributed by atoms with van der Waals surface area (Å²) in [7, 11) is 0. The lowest BCUT2D eigenvalue weighted by molar-refractivity contribution is -0.140. The molecule has 0 spiro atoms. The van der Waals surface area contributed by atoms with Crippen LogP contribution in [0, 0.1) is 12.7 Å². The first-order valence-electron chi connectivity index (χ1n) is 10.9. The number of carbonyl (C=O) groups is 2. The van der Waals surface area contributed by atoms with Crippen molar-refractivity contribution in [1.82, 2.24) is 10.2 Å². The molecule has 0 unspecified atom stereocenters. The van der Waals surface area contributed by atoms with Gasteiger partial charge in [-0.2, -0.15) is 0 Å². The van der Waals surface area contributed by atoms with E-state index in [4.69, 9.17) is 0 Å². The van der Waals surface area contributed by atoms with Gasteiger partial charge in [-0.1, -0.05) is 72.8 Å². The normalized spacial score (nSPS) is 11.6. The van der Waals surface area contributed by atoms with E-state index in [9.17, 15) is 14.0 Å². The van der Waals surface area contributed by atoms with Gasteiger partial charge in [0.05, 0.1) is 6.42 Å². The molecular weight excluding hydrogens is 403 g/mol. The summed E-state index contributed by atoms with van der Waals surface area (Å²) in [6, 6.07) is 23.0. The molecule has 0 aliphatic carbocycles. The van der Waals surface area contributed by atoms with Crippen LogP contribution in [0.2, 0.25) is 0 Å². The van der Waals surface area contributed by atoms with Gasteiger partial charge in [0.25, 0.3) is 0 Å². The Kier molecular flexibility index (Phi) is 8.14. The Morgan fingerprint density at radius 1 is 0.906 bits per heavy atom. The molecule has 0 aromatic heterocycles. The summed E-state index contributed by atoms with van der Waals surface area (Å²) in [6.07, 6.45) is 0.269. The Bertz CT molecular complexity index is 1050. The van der Waals surface area contributed by atoms with Gasteiger partial charge in [0.1, 0.15) is 11.9 Å². The number of likely N-dealkylation sites (N-methyl/N-ethyl adjacent to an activating group) is 1. The molecule has 0 aliphatic rings. The Hall–Kier alpha value is -3.47. The van der Waals surface area contributed by atoms with Crippen molar-refractivity contribution in [3.63, 3.8) is 0 Å². The minimum atomic E-state index is -0.712. The van der Waals surface area contributed by atoms with Crippen LogP contribution in [0.3, 0.4) is 0 Å². The molecule has 3 aromatic carbocycles. The Morgan fingerprint density at radius 2 is 1.53 bits per heavy atom. The largest absolute Gasteiger partial charge is 0.355 e. The van der Waals surface area contributed by atoms with Gasteiger partial charge in [0.15, 0.2) is 0 Å². The minimum absolute atomic E-state index is 0.108. The van der Waals surface area contributed by atoms with Gasteiger partial charge >= 0.3 is 0 Å². The van der Waals surface area contributed by atoms with Gasteiger partial charge in [-0.3, -0.25) is 9.59 Å². The van der Waals surface area contributed by atoms with Crippen molar-refractivity contribution >= 4 is 11.8 Å². The quantitative estimate of drug-likeness (QED) is 0.543. The highest BCUT2D eigenvalue weighted by atomic mass is 19.1. The van der Waals surface area contributed by atoms with Crippen LogP contribution in [-0.4, -0.2) is 29.3 Å². The minimum Gasteiger partial charge on any atom is -0.355 e. The number of halogens is 1. The predicted molar refractivity (Wildman–Crippen MR) is 124 cm³/mol. The Morgan fingerprint density at radius 3 is 2.19 bits per heavy atom. The second kappa shape index (κ2) is 11.2. The van der Waals surface area contributed by atoms with Crippen molar-refractivity contribution in [2.75, 3.05) is 6.54 Å². The molecule has 166 valence electrons. The zero-order valence-electron chi connectivity index (χ0n) is 18.6. The van der Waals surface area contributed by atoms with Gasteiger partial charge in [0, 0.05) is 19.5 Å². The summed E-state index contributed by atoms with van der Waals surface area (Å²) in [5.41, 5.74) is 3.26. The lowest BCUT2D eigenvalue weighted by atomic mass is 10.0. The Labute approximate surface area is 189 Å². The molecule has 0 fully saturated rings. The summed E-state index contributed by atoms with van der Waals surface area (Å²) >= 11 is 0. The summed E-state index contributed by atoms with van der Waals surface area (Å²) in [6.45, 7) is 4.57. The highest BCUT2D eigenvalue weighted by Crippen LogP contribution is 2.19. The number of rotatable bonds is 9. The fourth-order valence-corrected chi connectivity index (χ4v) is 3.72. The lowest BCUT2D eigenvalue weighted by Gasteiger charge is -2.32. The zero-order valence-corrected chi connectivity index (χ0v) is 18.6. The second-order valence-electron chi connectivity index (χ2n) is 7.82. The van der Waals surface area contributed by atoms with Crippen LogP contribution in [0.5, 0.6) is 0 Å². The first-order chi connectivity index (χ1) is 15.5. The fraction of sp³-hybridized carbons (Fsp3) is 0.259. The molecular formula is C27H29FN2O2. The molecule has 0 aliphatic heterocycles. The highest BCUT2D eigenvalue weighted by Gasteiger charge is 2.30. The third kappa shape index (κ3) is 6.03. The molecule has 1 N–H and O–H groups in total. The average molecular weight is 433 g/mol. The highest BCUT2D eigenvalue weighted by molar-refractivity contribution is 5.88. The number of nitrogens with zero attached hydrogens (tertiary/aromatic N) is 1. The molecule has 3 aromatic rings. The van der Waals surface area contributed by atoms with E-state index in [-0.39, 0.29) is 24.8 Å². The zero-order chi connectivity index (χ0) is 22.9.